The summed E-state index contributed by atoms with van der Waals surface area (Å²) in [6.07, 6.45) is 3.11. The van der Waals surface area contributed by atoms with Crippen LogP contribution in [-0.4, -0.2) is 28.3 Å². The molecule has 0 aromatic heterocycles. The van der Waals surface area contributed by atoms with E-state index in [9.17, 15) is 15.0 Å². The third-order valence-electron chi connectivity index (χ3n) is 3.98. The van der Waals surface area contributed by atoms with Crippen molar-refractivity contribution in [2.24, 2.45) is 0 Å². The lowest BCUT2D eigenvalue weighted by molar-refractivity contribution is -0.127. The van der Waals surface area contributed by atoms with Gasteiger partial charge in [-0.25, -0.2) is 0 Å². The average molecular weight is 277 g/mol. The van der Waals surface area contributed by atoms with Crippen LogP contribution in [0.5, 0.6) is 0 Å². The Morgan fingerprint density at radius 3 is 2.60 bits per heavy atom. The third-order valence-corrected chi connectivity index (χ3v) is 3.98. The van der Waals surface area contributed by atoms with Crippen molar-refractivity contribution in [1.82, 2.24) is 5.32 Å². The largest absolute Gasteiger partial charge is 0.391 e. The first-order valence-electron chi connectivity index (χ1n) is 7.24. The molecule has 1 aliphatic carbocycles. The molecule has 1 aliphatic rings. The van der Waals surface area contributed by atoms with Crippen LogP contribution in [0.4, 0.5) is 0 Å². The van der Waals surface area contributed by atoms with E-state index in [4.69, 9.17) is 0 Å². The van der Waals surface area contributed by atoms with Gasteiger partial charge in [-0.1, -0.05) is 43.2 Å². The van der Waals surface area contributed by atoms with Crippen molar-refractivity contribution in [3.63, 3.8) is 0 Å². The van der Waals surface area contributed by atoms with E-state index in [0.717, 1.165) is 31.2 Å². The minimum Gasteiger partial charge on any atom is -0.391 e. The zero-order valence-electron chi connectivity index (χ0n) is 11.9. The smallest absolute Gasteiger partial charge is 0.223 e. The number of hydrogen-bond donors (Lipinski definition) is 3. The van der Waals surface area contributed by atoms with Crippen molar-refractivity contribution < 1.29 is 15.0 Å². The summed E-state index contributed by atoms with van der Waals surface area (Å²) >= 11 is 0. The fraction of sp³-hybridized carbons (Fsp3) is 0.562. The summed E-state index contributed by atoms with van der Waals surface area (Å²) in [6, 6.07) is 8.99. The molecule has 1 aromatic rings. The fourth-order valence-corrected chi connectivity index (χ4v) is 2.75. The summed E-state index contributed by atoms with van der Waals surface area (Å²) < 4.78 is 0. The molecule has 4 heteroatoms. The molecule has 4 nitrogen and oxygen atoms in total. The molecule has 0 spiro atoms. The molecule has 3 N–H and O–H groups in total. The van der Waals surface area contributed by atoms with Gasteiger partial charge in [-0.3, -0.25) is 4.79 Å². The standard InChI is InChI=1S/C16H23NO3/c1-16(20,12-7-3-2-4-8-12)11-15(19)17-13-9-5-6-10-14(13)18/h2-4,7-8,13-14,18,20H,5-6,9-11H2,1H3,(H,17,19). The quantitative estimate of drug-likeness (QED) is 0.784. The van der Waals surface area contributed by atoms with Gasteiger partial charge in [0, 0.05) is 0 Å². The number of aliphatic hydroxyl groups is 2. The summed E-state index contributed by atoms with van der Waals surface area (Å²) in [5.74, 6) is -0.218. The molecule has 1 fully saturated rings. The van der Waals surface area contributed by atoms with Gasteiger partial charge in [0.05, 0.1) is 24.2 Å². The maximum Gasteiger partial charge on any atom is 0.223 e. The van der Waals surface area contributed by atoms with Crippen molar-refractivity contribution in [2.75, 3.05) is 0 Å². The van der Waals surface area contributed by atoms with Crippen LogP contribution in [0.2, 0.25) is 0 Å². The number of amides is 1. The molecule has 1 aromatic carbocycles. The van der Waals surface area contributed by atoms with Gasteiger partial charge in [0.25, 0.3) is 0 Å². The Balaban J connectivity index is 1.93. The third kappa shape index (κ3) is 3.81. The van der Waals surface area contributed by atoms with Gasteiger partial charge >= 0.3 is 0 Å². The highest BCUT2D eigenvalue weighted by Crippen LogP contribution is 2.25. The van der Waals surface area contributed by atoms with E-state index in [1.165, 1.54) is 0 Å². The number of rotatable bonds is 4. The SMILES string of the molecule is CC(O)(CC(=O)NC1CCCCC1O)c1ccccc1. The number of aliphatic hydroxyl groups excluding tert-OH is 1. The Hall–Kier alpha value is -1.39. The minimum absolute atomic E-state index is 0.000231. The highest BCUT2D eigenvalue weighted by molar-refractivity contribution is 5.77. The van der Waals surface area contributed by atoms with Crippen LogP contribution in [-0.2, 0) is 10.4 Å². The summed E-state index contributed by atoms with van der Waals surface area (Å²) in [5, 5.41) is 23.1. The zero-order valence-corrected chi connectivity index (χ0v) is 11.9. The van der Waals surface area contributed by atoms with E-state index in [-0.39, 0.29) is 18.4 Å². The Morgan fingerprint density at radius 2 is 1.95 bits per heavy atom. The molecule has 0 bridgehead atoms. The van der Waals surface area contributed by atoms with Crippen LogP contribution in [0.1, 0.15) is 44.6 Å². The second-order valence-corrected chi connectivity index (χ2v) is 5.84. The lowest BCUT2D eigenvalue weighted by atomic mass is 9.90. The Bertz CT molecular complexity index is 444. The van der Waals surface area contributed by atoms with Gasteiger partial charge in [0.2, 0.25) is 5.91 Å². The number of carbonyl (C=O) groups is 1. The van der Waals surface area contributed by atoms with Crippen molar-refractivity contribution in [3.05, 3.63) is 35.9 Å². The van der Waals surface area contributed by atoms with Crippen molar-refractivity contribution >= 4 is 5.91 Å². The number of hydrogen-bond acceptors (Lipinski definition) is 3. The van der Waals surface area contributed by atoms with Gasteiger partial charge in [0.1, 0.15) is 0 Å². The van der Waals surface area contributed by atoms with Crippen LogP contribution in [0.15, 0.2) is 30.3 Å². The average Bonchev–Trinajstić information content (AvgIpc) is 2.42. The van der Waals surface area contributed by atoms with Crippen LogP contribution in [0.3, 0.4) is 0 Å². The van der Waals surface area contributed by atoms with E-state index in [1.54, 1.807) is 6.92 Å². The first-order chi connectivity index (χ1) is 9.49. The molecule has 0 saturated heterocycles. The van der Waals surface area contributed by atoms with Crippen LogP contribution in [0.25, 0.3) is 0 Å². The van der Waals surface area contributed by atoms with Gasteiger partial charge in [-0.2, -0.15) is 0 Å². The molecule has 3 unspecified atom stereocenters. The predicted molar refractivity (Wildman–Crippen MR) is 77.0 cm³/mol. The highest BCUT2D eigenvalue weighted by Gasteiger charge is 2.29. The first kappa shape index (κ1) is 15.0. The Morgan fingerprint density at radius 1 is 1.30 bits per heavy atom. The monoisotopic (exact) mass is 277 g/mol. The second-order valence-electron chi connectivity index (χ2n) is 5.84. The van der Waals surface area contributed by atoms with E-state index in [0.29, 0.717) is 0 Å². The number of nitrogens with one attached hydrogen (secondary N) is 1. The van der Waals surface area contributed by atoms with Crippen LogP contribution in [0, 0.1) is 0 Å². The minimum atomic E-state index is -1.19. The van der Waals surface area contributed by atoms with Crippen LogP contribution >= 0.6 is 0 Å². The molecule has 20 heavy (non-hydrogen) atoms. The van der Waals surface area contributed by atoms with Gasteiger partial charge < -0.3 is 15.5 Å². The van der Waals surface area contributed by atoms with Crippen LogP contribution < -0.4 is 5.32 Å². The lowest BCUT2D eigenvalue weighted by Crippen LogP contribution is -2.46. The second kappa shape index (κ2) is 6.37. The molecule has 110 valence electrons. The van der Waals surface area contributed by atoms with E-state index >= 15 is 0 Å². The van der Waals surface area contributed by atoms with Crippen molar-refractivity contribution in [3.8, 4) is 0 Å². The molecule has 3 atom stereocenters. The Kier molecular flexibility index (Phi) is 4.78. The topological polar surface area (TPSA) is 69.6 Å². The van der Waals surface area contributed by atoms with Gasteiger partial charge in [0.15, 0.2) is 0 Å². The molecule has 1 amide bonds. The predicted octanol–water partition coefficient (Wildman–Crippen LogP) is 1.70. The van der Waals surface area contributed by atoms with Gasteiger partial charge in [-0.15, -0.1) is 0 Å². The lowest BCUT2D eigenvalue weighted by Gasteiger charge is -2.30. The highest BCUT2D eigenvalue weighted by atomic mass is 16.3. The summed E-state index contributed by atoms with van der Waals surface area (Å²) in [4.78, 5) is 12.1. The van der Waals surface area contributed by atoms with E-state index in [2.05, 4.69) is 5.32 Å². The summed E-state index contributed by atoms with van der Waals surface area (Å²) in [5.41, 5.74) is -0.468. The molecular formula is C16H23NO3. The molecule has 0 radical (unpaired) electrons. The van der Waals surface area contributed by atoms with E-state index in [1.807, 2.05) is 30.3 Å². The zero-order chi connectivity index (χ0) is 14.6. The summed E-state index contributed by atoms with van der Waals surface area (Å²) in [6.45, 7) is 1.64. The van der Waals surface area contributed by atoms with Crippen molar-refractivity contribution in [1.29, 1.82) is 0 Å². The molecular weight excluding hydrogens is 254 g/mol. The maximum absolute atomic E-state index is 12.1. The normalized spacial score (nSPS) is 25.8. The maximum atomic E-state index is 12.1. The van der Waals surface area contributed by atoms with Crippen molar-refractivity contribution in [2.45, 2.75) is 56.8 Å². The van der Waals surface area contributed by atoms with Gasteiger partial charge in [-0.05, 0) is 25.3 Å². The number of benzene rings is 1. The Labute approximate surface area is 119 Å². The molecule has 2 rings (SSSR count). The first-order valence-corrected chi connectivity index (χ1v) is 7.24. The van der Waals surface area contributed by atoms with E-state index < -0.39 is 11.7 Å². The molecule has 1 saturated carbocycles. The fourth-order valence-electron chi connectivity index (χ4n) is 2.75. The molecule has 0 heterocycles. The number of carbonyl (C=O) groups excluding carboxylic acids is 1. The summed E-state index contributed by atoms with van der Waals surface area (Å²) in [7, 11) is 0. The molecule has 0 aliphatic heterocycles.